The second-order valence-electron chi connectivity index (χ2n) is 5.17. The molecule has 2 aromatic carbocycles. The molecule has 0 fully saturated rings. The molecule has 2 aromatic rings. The molecular formula is C17H21N3S. The fourth-order valence-electron chi connectivity index (χ4n) is 2.03. The fraction of sp³-hybridized carbons (Fsp3) is 0.235. The van der Waals surface area contributed by atoms with E-state index in [2.05, 4.69) is 46.7 Å². The van der Waals surface area contributed by atoms with Crippen LogP contribution in [0.25, 0.3) is 0 Å². The first-order valence-corrected chi connectivity index (χ1v) is 7.37. The number of benzene rings is 2. The van der Waals surface area contributed by atoms with Crippen molar-refractivity contribution in [2.75, 3.05) is 24.3 Å². The summed E-state index contributed by atoms with van der Waals surface area (Å²) in [5.41, 5.74) is 3.36. The molecule has 0 aromatic heterocycles. The largest absolute Gasteiger partial charge is 0.378 e. The van der Waals surface area contributed by atoms with Gasteiger partial charge in [-0.15, -0.1) is 0 Å². The topological polar surface area (TPSA) is 27.3 Å². The van der Waals surface area contributed by atoms with E-state index in [0.717, 1.165) is 11.4 Å². The molecular weight excluding hydrogens is 278 g/mol. The van der Waals surface area contributed by atoms with E-state index in [9.17, 15) is 0 Å². The predicted octanol–water partition coefficient (Wildman–Crippen LogP) is 3.80. The quantitative estimate of drug-likeness (QED) is 0.840. The fourth-order valence-corrected chi connectivity index (χ4v) is 2.33. The number of nitrogens with one attached hydrogen (secondary N) is 2. The van der Waals surface area contributed by atoms with Gasteiger partial charge in [-0.05, 0) is 49.0 Å². The Hall–Kier alpha value is -2.07. The minimum absolute atomic E-state index is 0.173. The molecule has 0 aliphatic rings. The maximum Gasteiger partial charge on any atom is 0.171 e. The lowest BCUT2D eigenvalue weighted by Gasteiger charge is -2.18. The molecule has 0 saturated heterocycles. The summed E-state index contributed by atoms with van der Waals surface area (Å²) < 4.78 is 0. The summed E-state index contributed by atoms with van der Waals surface area (Å²) in [6, 6.07) is 18.6. The first-order valence-electron chi connectivity index (χ1n) is 6.96. The second-order valence-corrected chi connectivity index (χ2v) is 5.58. The molecule has 0 saturated carbocycles. The smallest absolute Gasteiger partial charge is 0.171 e. The highest BCUT2D eigenvalue weighted by molar-refractivity contribution is 7.80. The van der Waals surface area contributed by atoms with Crippen molar-refractivity contribution in [2.45, 2.75) is 13.0 Å². The van der Waals surface area contributed by atoms with Crippen LogP contribution in [0.5, 0.6) is 0 Å². The monoisotopic (exact) mass is 299 g/mol. The van der Waals surface area contributed by atoms with Gasteiger partial charge in [-0.1, -0.05) is 30.3 Å². The van der Waals surface area contributed by atoms with E-state index in [-0.39, 0.29) is 6.04 Å². The van der Waals surface area contributed by atoms with E-state index in [4.69, 9.17) is 12.2 Å². The summed E-state index contributed by atoms with van der Waals surface area (Å²) in [6.45, 7) is 2.10. The summed E-state index contributed by atoms with van der Waals surface area (Å²) >= 11 is 5.36. The summed E-state index contributed by atoms with van der Waals surface area (Å²) in [6.07, 6.45) is 0. The van der Waals surface area contributed by atoms with E-state index in [0.29, 0.717) is 5.11 Å². The van der Waals surface area contributed by atoms with Crippen LogP contribution < -0.4 is 15.5 Å². The summed E-state index contributed by atoms with van der Waals surface area (Å²) in [7, 11) is 4.05. The Morgan fingerprint density at radius 1 is 1.00 bits per heavy atom. The van der Waals surface area contributed by atoms with Crippen molar-refractivity contribution in [1.29, 1.82) is 0 Å². The molecule has 3 nitrogen and oxygen atoms in total. The van der Waals surface area contributed by atoms with Crippen LogP contribution in [-0.2, 0) is 0 Å². The van der Waals surface area contributed by atoms with Crippen molar-refractivity contribution in [3.63, 3.8) is 0 Å². The van der Waals surface area contributed by atoms with Gasteiger partial charge >= 0.3 is 0 Å². The standard InChI is InChI=1S/C17H21N3S/c1-13(14-7-5-4-6-8-14)18-17(21)19-15-9-11-16(12-10-15)20(2)3/h4-13H,1-3H3,(H2,18,19,21). The van der Waals surface area contributed by atoms with Crippen molar-refractivity contribution in [1.82, 2.24) is 5.32 Å². The average Bonchev–Trinajstić information content (AvgIpc) is 2.48. The van der Waals surface area contributed by atoms with E-state index in [1.165, 1.54) is 5.56 Å². The molecule has 110 valence electrons. The lowest BCUT2D eigenvalue weighted by molar-refractivity contribution is 0.722. The van der Waals surface area contributed by atoms with E-state index < -0.39 is 0 Å². The number of nitrogens with zero attached hydrogens (tertiary/aromatic N) is 1. The minimum Gasteiger partial charge on any atom is -0.378 e. The first kappa shape index (κ1) is 15.3. The lowest BCUT2D eigenvalue weighted by Crippen LogP contribution is -2.30. The van der Waals surface area contributed by atoms with Crippen LogP contribution in [0.15, 0.2) is 54.6 Å². The second kappa shape index (κ2) is 7.09. The molecule has 0 aliphatic heterocycles. The summed E-state index contributed by atoms with van der Waals surface area (Å²) in [5, 5.41) is 7.13. The van der Waals surface area contributed by atoms with Gasteiger partial charge in [-0.2, -0.15) is 0 Å². The van der Waals surface area contributed by atoms with Gasteiger partial charge in [0, 0.05) is 25.5 Å². The van der Waals surface area contributed by atoms with Gasteiger partial charge in [0.05, 0.1) is 6.04 Å². The normalized spacial score (nSPS) is 11.6. The number of thiocarbonyl (C=S) groups is 1. The maximum atomic E-state index is 5.36. The van der Waals surface area contributed by atoms with Crippen molar-refractivity contribution in [2.24, 2.45) is 0 Å². The van der Waals surface area contributed by atoms with E-state index in [1.54, 1.807) is 0 Å². The molecule has 0 aliphatic carbocycles. The molecule has 0 heterocycles. The van der Waals surface area contributed by atoms with Crippen LogP contribution in [0.3, 0.4) is 0 Å². The van der Waals surface area contributed by atoms with Gasteiger partial charge in [-0.3, -0.25) is 0 Å². The highest BCUT2D eigenvalue weighted by Gasteiger charge is 2.06. The Morgan fingerprint density at radius 3 is 2.19 bits per heavy atom. The molecule has 4 heteroatoms. The van der Waals surface area contributed by atoms with Crippen molar-refractivity contribution >= 4 is 28.7 Å². The van der Waals surface area contributed by atoms with Crippen LogP contribution in [0.4, 0.5) is 11.4 Å². The molecule has 0 bridgehead atoms. The Bertz CT molecular complexity index is 579. The van der Waals surface area contributed by atoms with Crippen LogP contribution in [-0.4, -0.2) is 19.2 Å². The Morgan fingerprint density at radius 2 is 1.62 bits per heavy atom. The molecule has 2 N–H and O–H groups in total. The zero-order valence-corrected chi connectivity index (χ0v) is 13.4. The van der Waals surface area contributed by atoms with Gasteiger partial charge in [0.25, 0.3) is 0 Å². The number of rotatable bonds is 4. The molecule has 0 amide bonds. The average molecular weight is 299 g/mol. The van der Waals surface area contributed by atoms with Crippen LogP contribution in [0, 0.1) is 0 Å². The maximum absolute atomic E-state index is 5.36. The highest BCUT2D eigenvalue weighted by Crippen LogP contribution is 2.16. The van der Waals surface area contributed by atoms with Crippen LogP contribution >= 0.6 is 12.2 Å². The zero-order chi connectivity index (χ0) is 15.2. The van der Waals surface area contributed by atoms with Gasteiger partial charge < -0.3 is 15.5 Å². The predicted molar refractivity (Wildman–Crippen MR) is 95.0 cm³/mol. The molecule has 1 unspecified atom stereocenters. The van der Waals surface area contributed by atoms with Gasteiger partial charge in [0.2, 0.25) is 0 Å². The van der Waals surface area contributed by atoms with Crippen molar-refractivity contribution in [3.05, 3.63) is 60.2 Å². The first-order chi connectivity index (χ1) is 10.1. The lowest BCUT2D eigenvalue weighted by atomic mass is 10.1. The third-order valence-corrected chi connectivity index (χ3v) is 3.51. The highest BCUT2D eigenvalue weighted by atomic mass is 32.1. The van der Waals surface area contributed by atoms with E-state index in [1.807, 2.05) is 44.4 Å². The summed E-state index contributed by atoms with van der Waals surface area (Å²) in [4.78, 5) is 2.07. The molecule has 0 radical (unpaired) electrons. The van der Waals surface area contributed by atoms with Crippen molar-refractivity contribution in [3.8, 4) is 0 Å². The number of hydrogen-bond donors (Lipinski definition) is 2. The van der Waals surface area contributed by atoms with Gasteiger partial charge in [0.15, 0.2) is 5.11 Å². The molecule has 1 atom stereocenters. The van der Waals surface area contributed by atoms with Crippen molar-refractivity contribution < 1.29 is 0 Å². The number of hydrogen-bond acceptors (Lipinski definition) is 2. The Labute approximate surface area is 132 Å². The number of anilines is 2. The van der Waals surface area contributed by atoms with E-state index >= 15 is 0 Å². The van der Waals surface area contributed by atoms with Gasteiger partial charge in [0.1, 0.15) is 0 Å². The zero-order valence-electron chi connectivity index (χ0n) is 12.6. The third-order valence-electron chi connectivity index (χ3n) is 3.29. The molecule has 21 heavy (non-hydrogen) atoms. The summed E-state index contributed by atoms with van der Waals surface area (Å²) in [5.74, 6) is 0. The third kappa shape index (κ3) is 4.46. The minimum atomic E-state index is 0.173. The Kier molecular flexibility index (Phi) is 5.17. The molecule has 0 spiro atoms. The van der Waals surface area contributed by atoms with Crippen LogP contribution in [0.1, 0.15) is 18.5 Å². The SMILES string of the molecule is CC(NC(=S)Nc1ccc(N(C)C)cc1)c1ccccc1. The van der Waals surface area contributed by atoms with Gasteiger partial charge in [-0.25, -0.2) is 0 Å². The van der Waals surface area contributed by atoms with Crippen LogP contribution in [0.2, 0.25) is 0 Å². The molecule has 2 rings (SSSR count). The Balaban J connectivity index is 1.92.